The summed E-state index contributed by atoms with van der Waals surface area (Å²) in [6, 6.07) is 4.06. The van der Waals surface area contributed by atoms with Crippen LogP contribution in [-0.4, -0.2) is 4.98 Å². The van der Waals surface area contributed by atoms with Crippen molar-refractivity contribution in [3.05, 3.63) is 29.0 Å². The maximum absolute atomic E-state index is 6.04. The molecule has 0 fully saturated rings. The largest absolute Gasteiger partial charge is 0.244 e. The highest BCUT2D eigenvalue weighted by Gasteiger charge is 1.99. The van der Waals surface area contributed by atoms with Gasteiger partial charge < -0.3 is 0 Å². The van der Waals surface area contributed by atoms with Crippen LogP contribution in [0.4, 0.5) is 0 Å². The molecule has 1 aromatic heterocycles. The molecule has 0 aliphatic heterocycles. The molecular weight excluding hydrogens is 254 g/mol. The van der Waals surface area contributed by atoms with Crippen molar-refractivity contribution in [2.45, 2.75) is 77.6 Å². The molecule has 0 aromatic carbocycles. The van der Waals surface area contributed by atoms with Gasteiger partial charge in [0.15, 0.2) is 0 Å². The summed E-state index contributed by atoms with van der Waals surface area (Å²) in [6.45, 7) is 2.27. The lowest BCUT2D eigenvalue weighted by atomic mass is 10.0. The van der Waals surface area contributed by atoms with Gasteiger partial charge in [0.25, 0.3) is 0 Å². The van der Waals surface area contributed by atoms with E-state index in [0.29, 0.717) is 5.15 Å². The Labute approximate surface area is 123 Å². The fourth-order valence-electron chi connectivity index (χ4n) is 2.41. The Morgan fingerprint density at radius 3 is 2.05 bits per heavy atom. The second-order valence-corrected chi connectivity index (χ2v) is 5.74. The highest BCUT2D eigenvalue weighted by molar-refractivity contribution is 6.30. The van der Waals surface area contributed by atoms with E-state index in [1.165, 1.54) is 69.8 Å². The lowest BCUT2D eigenvalue weighted by molar-refractivity contribution is 0.556. The van der Waals surface area contributed by atoms with E-state index >= 15 is 0 Å². The summed E-state index contributed by atoms with van der Waals surface area (Å²) in [7, 11) is 0. The van der Waals surface area contributed by atoms with Crippen LogP contribution < -0.4 is 0 Å². The number of pyridine rings is 1. The van der Waals surface area contributed by atoms with E-state index in [1.807, 2.05) is 6.07 Å². The number of halogens is 1. The van der Waals surface area contributed by atoms with Crippen molar-refractivity contribution in [2.75, 3.05) is 0 Å². The second-order valence-electron chi connectivity index (χ2n) is 5.39. The molecule has 1 heterocycles. The van der Waals surface area contributed by atoms with Gasteiger partial charge in [0.1, 0.15) is 5.15 Å². The lowest BCUT2D eigenvalue weighted by Crippen LogP contribution is -1.89. The van der Waals surface area contributed by atoms with Crippen molar-refractivity contribution >= 4 is 11.6 Å². The Balaban J connectivity index is 1.90. The van der Waals surface area contributed by atoms with Crippen molar-refractivity contribution in [3.63, 3.8) is 0 Å². The van der Waals surface area contributed by atoms with Gasteiger partial charge in [0.2, 0.25) is 0 Å². The molecule has 1 nitrogen and oxygen atoms in total. The van der Waals surface area contributed by atoms with Crippen LogP contribution in [0.1, 0.15) is 76.7 Å². The van der Waals surface area contributed by atoms with Crippen LogP contribution in [0.15, 0.2) is 18.3 Å². The Kier molecular flexibility index (Phi) is 9.79. The molecule has 1 aromatic rings. The molecule has 1 rings (SSSR count). The van der Waals surface area contributed by atoms with Gasteiger partial charge in [-0.3, -0.25) is 0 Å². The van der Waals surface area contributed by atoms with Gasteiger partial charge in [-0.2, -0.15) is 0 Å². The van der Waals surface area contributed by atoms with E-state index in [-0.39, 0.29) is 0 Å². The lowest BCUT2D eigenvalue weighted by Gasteiger charge is -2.04. The van der Waals surface area contributed by atoms with Gasteiger partial charge in [-0.05, 0) is 24.5 Å². The number of aryl methyl sites for hydroxylation is 1. The minimum atomic E-state index is 0.679. The number of unbranched alkanes of at least 4 members (excludes halogenated alkanes) is 9. The molecule has 0 spiro atoms. The van der Waals surface area contributed by atoms with Crippen molar-refractivity contribution < 1.29 is 0 Å². The number of rotatable bonds is 11. The summed E-state index contributed by atoms with van der Waals surface area (Å²) in [5.41, 5.74) is 1.20. The molecule has 0 N–H and O–H groups in total. The first-order chi connectivity index (χ1) is 9.34. The molecule has 0 bridgehead atoms. The molecule has 0 saturated heterocycles. The van der Waals surface area contributed by atoms with E-state index in [4.69, 9.17) is 11.6 Å². The standard InChI is InChI=1S/C17H28ClN/c1-2-3-4-5-6-7-8-9-10-11-13-16-14-12-15-19-17(16)18/h12,14-15H,2-11,13H2,1H3. The van der Waals surface area contributed by atoms with E-state index in [1.54, 1.807) is 6.20 Å². The van der Waals surface area contributed by atoms with Gasteiger partial charge in [-0.25, -0.2) is 4.98 Å². The first kappa shape index (κ1) is 16.5. The van der Waals surface area contributed by atoms with Crippen molar-refractivity contribution in [2.24, 2.45) is 0 Å². The Bertz CT molecular complexity index is 325. The monoisotopic (exact) mass is 281 g/mol. The SMILES string of the molecule is CCCCCCCCCCCCc1cccnc1Cl. The number of hydrogen-bond acceptors (Lipinski definition) is 1. The van der Waals surface area contributed by atoms with Gasteiger partial charge in [0.05, 0.1) is 0 Å². The summed E-state index contributed by atoms with van der Waals surface area (Å²) >= 11 is 6.04. The average Bonchev–Trinajstić information content (AvgIpc) is 2.43. The predicted molar refractivity (Wildman–Crippen MR) is 84.8 cm³/mol. The molecule has 0 radical (unpaired) electrons. The zero-order chi connectivity index (χ0) is 13.8. The Morgan fingerprint density at radius 2 is 1.47 bits per heavy atom. The highest BCUT2D eigenvalue weighted by Crippen LogP contribution is 2.16. The number of hydrogen-bond donors (Lipinski definition) is 0. The molecule has 2 heteroatoms. The third-order valence-corrected chi connectivity index (χ3v) is 3.98. The maximum atomic E-state index is 6.04. The van der Waals surface area contributed by atoms with Crippen LogP contribution in [-0.2, 0) is 6.42 Å². The topological polar surface area (TPSA) is 12.9 Å². The summed E-state index contributed by atoms with van der Waals surface area (Å²) in [5, 5.41) is 0.679. The summed E-state index contributed by atoms with van der Waals surface area (Å²) in [4.78, 5) is 4.11. The molecule has 0 atom stereocenters. The molecule has 0 unspecified atom stereocenters. The van der Waals surface area contributed by atoms with Crippen LogP contribution in [0.2, 0.25) is 5.15 Å². The second kappa shape index (κ2) is 11.3. The third-order valence-electron chi connectivity index (χ3n) is 3.64. The minimum Gasteiger partial charge on any atom is -0.244 e. The Hall–Kier alpha value is -0.560. The smallest absolute Gasteiger partial charge is 0.132 e. The van der Waals surface area contributed by atoms with Crippen LogP contribution >= 0.6 is 11.6 Å². The van der Waals surface area contributed by atoms with Crippen LogP contribution in [0.25, 0.3) is 0 Å². The third kappa shape index (κ3) is 8.26. The van der Waals surface area contributed by atoms with Crippen LogP contribution in [0.3, 0.4) is 0 Å². The summed E-state index contributed by atoms with van der Waals surface area (Å²) < 4.78 is 0. The quantitative estimate of drug-likeness (QED) is 0.348. The van der Waals surface area contributed by atoms with E-state index in [2.05, 4.69) is 18.0 Å². The van der Waals surface area contributed by atoms with Gasteiger partial charge >= 0.3 is 0 Å². The molecule has 19 heavy (non-hydrogen) atoms. The highest BCUT2D eigenvalue weighted by atomic mass is 35.5. The first-order valence-corrected chi connectivity index (χ1v) is 8.31. The van der Waals surface area contributed by atoms with E-state index in [9.17, 15) is 0 Å². The van der Waals surface area contributed by atoms with Crippen molar-refractivity contribution in [1.82, 2.24) is 4.98 Å². The molecule has 0 saturated carbocycles. The predicted octanol–water partition coefficient (Wildman–Crippen LogP) is 6.20. The first-order valence-electron chi connectivity index (χ1n) is 7.94. The minimum absolute atomic E-state index is 0.679. The molecule has 108 valence electrons. The molecule has 0 aliphatic rings. The van der Waals surface area contributed by atoms with Crippen molar-refractivity contribution in [1.29, 1.82) is 0 Å². The fourth-order valence-corrected chi connectivity index (χ4v) is 2.62. The van der Waals surface area contributed by atoms with Crippen molar-refractivity contribution in [3.8, 4) is 0 Å². The zero-order valence-electron chi connectivity index (χ0n) is 12.3. The van der Waals surface area contributed by atoms with Gasteiger partial charge in [0, 0.05) is 6.20 Å². The number of nitrogens with zero attached hydrogens (tertiary/aromatic N) is 1. The average molecular weight is 282 g/mol. The zero-order valence-corrected chi connectivity index (χ0v) is 13.1. The number of aromatic nitrogens is 1. The summed E-state index contributed by atoms with van der Waals surface area (Å²) in [6.07, 6.45) is 16.6. The fraction of sp³-hybridized carbons (Fsp3) is 0.706. The van der Waals surface area contributed by atoms with Crippen LogP contribution in [0.5, 0.6) is 0 Å². The molecular formula is C17H28ClN. The Morgan fingerprint density at radius 1 is 0.895 bits per heavy atom. The van der Waals surface area contributed by atoms with Crippen LogP contribution in [0, 0.1) is 0 Å². The molecule has 0 amide bonds. The van der Waals surface area contributed by atoms with E-state index in [0.717, 1.165) is 6.42 Å². The normalized spacial score (nSPS) is 10.8. The molecule has 0 aliphatic carbocycles. The van der Waals surface area contributed by atoms with Gasteiger partial charge in [-0.15, -0.1) is 0 Å². The van der Waals surface area contributed by atoms with Gasteiger partial charge in [-0.1, -0.05) is 82.4 Å². The maximum Gasteiger partial charge on any atom is 0.132 e. The van der Waals surface area contributed by atoms with E-state index < -0.39 is 0 Å². The summed E-state index contributed by atoms with van der Waals surface area (Å²) in [5.74, 6) is 0.